The highest BCUT2D eigenvalue weighted by molar-refractivity contribution is 5.85. The third kappa shape index (κ3) is 5.02. The zero-order chi connectivity index (χ0) is 19.0. The van der Waals surface area contributed by atoms with Crippen LogP contribution in [-0.4, -0.2) is 71.0 Å². The Morgan fingerprint density at radius 1 is 1.08 bits per heavy atom. The minimum absolute atomic E-state index is 0.0459. The lowest BCUT2D eigenvalue weighted by Gasteiger charge is -2.37. The van der Waals surface area contributed by atoms with E-state index in [-0.39, 0.29) is 5.91 Å². The van der Waals surface area contributed by atoms with Crippen LogP contribution < -0.4 is 19.5 Å². The Labute approximate surface area is 155 Å². The maximum Gasteiger partial charge on any atom is 0.254 e. The zero-order valence-electron chi connectivity index (χ0n) is 16.2. The van der Waals surface area contributed by atoms with Gasteiger partial charge in [-0.2, -0.15) is 0 Å². The van der Waals surface area contributed by atoms with E-state index in [2.05, 4.69) is 5.32 Å². The summed E-state index contributed by atoms with van der Waals surface area (Å²) in [5.74, 6) is 2.09. The Kier molecular flexibility index (Phi) is 7.53. The van der Waals surface area contributed by atoms with Gasteiger partial charge < -0.3 is 29.2 Å². The van der Waals surface area contributed by atoms with Gasteiger partial charge in [-0.1, -0.05) is 0 Å². The highest BCUT2D eigenvalue weighted by Gasteiger charge is 2.41. The number of hydrogen-bond donors (Lipinski definition) is 1. The molecule has 1 heterocycles. The average Bonchev–Trinajstić information content (AvgIpc) is 2.70. The van der Waals surface area contributed by atoms with Gasteiger partial charge in [0.2, 0.25) is 0 Å². The number of carbonyl (C=O) groups excluding carboxylic acids is 1. The van der Waals surface area contributed by atoms with E-state index in [1.54, 1.807) is 32.3 Å². The van der Waals surface area contributed by atoms with Crippen molar-refractivity contribution in [1.82, 2.24) is 10.2 Å². The number of nitrogens with zero attached hydrogens (tertiary/aromatic N) is 1. The van der Waals surface area contributed by atoms with E-state index < -0.39 is 5.60 Å². The summed E-state index contributed by atoms with van der Waals surface area (Å²) in [5.41, 5.74) is -0.693. The summed E-state index contributed by atoms with van der Waals surface area (Å²) in [6, 6.07) is 5.42. The quantitative estimate of drug-likeness (QED) is 0.671. The van der Waals surface area contributed by atoms with E-state index >= 15 is 0 Å². The molecule has 0 aromatic heterocycles. The Morgan fingerprint density at radius 2 is 1.65 bits per heavy atom. The number of likely N-dealkylation sites (N-methyl/N-ethyl adjacent to an activating group) is 1. The number of nitrogens with one attached hydrogen (secondary N) is 1. The van der Waals surface area contributed by atoms with Crippen LogP contribution in [0.25, 0.3) is 0 Å². The SMILES string of the molecule is COc1cc(OC)cc(OCCCN(C)C(=O)C2(OC)CCNCC2)c1. The molecule has 1 aliphatic heterocycles. The first-order valence-electron chi connectivity index (χ1n) is 8.92. The fourth-order valence-corrected chi connectivity index (χ4v) is 3.14. The van der Waals surface area contributed by atoms with Crippen molar-refractivity contribution in [2.75, 3.05) is 54.6 Å². The highest BCUT2D eigenvalue weighted by Crippen LogP contribution is 2.28. The lowest BCUT2D eigenvalue weighted by Crippen LogP contribution is -2.54. The van der Waals surface area contributed by atoms with E-state index in [0.29, 0.717) is 43.2 Å². The molecule has 0 radical (unpaired) electrons. The third-order valence-electron chi connectivity index (χ3n) is 4.77. The molecule has 0 unspecified atom stereocenters. The largest absolute Gasteiger partial charge is 0.496 e. The molecule has 7 heteroatoms. The van der Waals surface area contributed by atoms with Crippen LogP contribution >= 0.6 is 0 Å². The number of ether oxygens (including phenoxy) is 4. The molecule has 0 bridgehead atoms. The molecular weight excluding hydrogens is 336 g/mol. The molecule has 1 saturated heterocycles. The van der Waals surface area contributed by atoms with Crippen LogP contribution in [0, 0.1) is 0 Å². The van der Waals surface area contributed by atoms with Crippen molar-refractivity contribution in [3.63, 3.8) is 0 Å². The van der Waals surface area contributed by atoms with Crippen LogP contribution in [0.5, 0.6) is 17.2 Å². The van der Waals surface area contributed by atoms with Crippen LogP contribution in [-0.2, 0) is 9.53 Å². The van der Waals surface area contributed by atoms with E-state index in [4.69, 9.17) is 18.9 Å². The van der Waals surface area contributed by atoms with Gasteiger partial charge >= 0.3 is 0 Å². The van der Waals surface area contributed by atoms with Crippen molar-refractivity contribution in [1.29, 1.82) is 0 Å². The molecule has 26 heavy (non-hydrogen) atoms. The van der Waals surface area contributed by atoms with Gasteiger partial charge in [0.25, 0.3) is 5.91 Å². The number of methoxy groups -OCH3 is 3. The van der Waals surface area contributed by atoms with E-state index in [1.807, 2.05) is 19.2 Å². The molecule has 1 aromatic carbocycles. The monoisotopic (exact) mass is 366 g/mol. The van der Waals surface area contributed by atoms with Gasteiger partial charge in [-0.3, -0.25) is 4.79 Å². The standard InChI is InChI=1S/C19H30N2O5/c1-21(18(22)19(25-4)6-8-20-9-7-19)10-5-11-26-17-13-15(23-2)12-16(14-17)24-3/h12-14,20H,5-11H2,1-4H3. The number of piperidine rings is 1. The van der Waals surface area contributed by atoms with Gasteiger partial charge in [0.1, 0.15) is 22.8 Å². The van der Waals surface area contributed by atoms with Crippen LogP contribution in [0.4, 0.5) is 0 Å². The molecule has 0 spiro atoms. The smallest absolute Gasteiger partial charge is 0.254 e. The predicted molar refractivity (Wildman–Crippen MR) is 99.1 cm³/mol. The Balaban J connectivity index is 1.82. The molecule has 2 rings (SSSR count). The van der Waals surface area contributed by atoms with Crippen LogP contribution in [0.15, 0.2) is 18.2 Å². The highest BCUT2D eigenvalue weighted by atomic mass is 16.5. The van der Waals surface area contributed by atoms with Crippen molar-refractivity contribution >= 4 is 5.91 Å². The summed E-state index contributed by atoms with van der Waals surface area (Å²) in [7, 11) is 6.65. The Bertz CT molecular complexity index is 565. The summed E-state index contributed by atoms with van der Waals surface area (Å²) in [6.07, 6.45) is 2.12. The second-order valence-corrected chi connectivity index (χ2v) is 6.43. The number of rotatable bonds is 9. The number of carbonyl (C=O) groups is 1. The van der Waals surface area contributed by atoms with Gasteiger partial charge in [0, 0.05) is 38.9 Å². The fraction of sp³-hybridized carbons (Fsp3) is 0.632. The normalized spacial score (nSPS) is 16.0. The predicted octanol–water partition coefficient (Wildman–Crippen LogP) is 1.70. The molecule has 1 N–H and O–H groups in total. The van der Waals surface area contributed by atoms with Crippen molar-refractivity contribution in [3.8, 4) is 17.2 Å². The van der Waals surface area contributed by atoms with Gasteiger partial charge in [-0.25, -0.2) is 0 Å². The Hall–Kier alpha value is -1.99. The van der Waals surface area contributed by atoms with E-state index in [0.717, 1.165) is 19.5 Å². The van der Waals surface area contributed by atoms with Gasteiger partial charge in [-0.05, 0) is 32.4 Å². The molecule has 0 saturated carbocycles. The van der Waals surface area contributed by atoms with E-state index in [9.17, 15) is 4.79 Å². The fourth-order valence-electron chi connectivity index (χ4n) is 3.14. The van der Waals surface area contributed by atoms with Crippen LogP contribution in [0.2, 0.25) is 0 Å². The minimum Gasteiger partial charge on any atom is -0.496 e. The maximum atomic E-state index is 12.8. The summed E-state index contributed by atoms with van der Waals surface area (Å²) >= 11 is 0. The third-order valence-corrected chi connectivity index (χ3v) is 4.77. The van der Waals surface area contributed by atoms with Crippen LogP contribution in [0.1, 0.15) is 19.3 Å². The topological polar surface area (TPSA) is 69.3 Å². The second-order valence-electron chi connectivity index (χ2n) is 6.43. The number of benzene rings is 1. The average molecular weight is 366 g/mol. The summed E-state index contributed by atoms with van der Waals surface area (Å²) in [4.78, 5) is 14.5. The molecular formula is C19H30N2O5. The molecule has 1 amide bonds. The molecule has 146 valence electrons. The lowest BCUT2D eigenvalue weighted by molar-refractivity contribution is -0.157. The molecule has 1 aliphatic rings. The van der Waals surface area contributed by atoms with Crippen LogP contribution in [0.3, 0.4) is 0 Å². The van der Waals surface area contributed by atoms with Crippen molar-refractivity contribution < 1.29 is 23.7 Å². The molecule has 7 nitrogen and oxygen atoms in total. The van der Waals surface area contributed by atoms with Crippen molar-refractivity contribution in [3.05, 3.63) is 18.2 Å². The summed E-state index contributed by atoms with van der Waals surface area (Å²) in [5, 5.41) is 3.27. The van der Waals surface area contributed by atoms with Crippen molar-refractivity contribution in [2.45, 2.75) is 24.9 Å². The molecule has 0 aliphatic carbocycles. The first-order valence-corrected chi connectivity index (χ1v) is 8.92. The van der Waals surface area contributed by atoms with Gasteiger partial charge in [0.15, 0.2) is 0 Å². The van der Waals surface area contributed by atoms with Crippen molar-refractivity contribution in [2.24, 2.45) is 0 Å². The first kappa shape index (κ1) is 20.3. The lowest BCUT2D eigenvalue weighted by atomic mass is 9.90. The number of amides is 1. The second kappa shape index (κ2) is 9.64. The summed E-state index contributed by atoms with van der Waals surface area (Å²) in [6.45, 7) is 2.70. The molecule has 1 aromatic rings. The van der Waals surface area contributed by atoms with E-state index in [1.165, 1.54) is 0 Å². The van der Waals surface area contributed by atoms with Gasteiger partial charge in [0.05, 0.1) is 20.8 Å². The minimum atomic E-state index is -0.693. The molecule has 0 atom stereocenters. The Morgan fingerprint density at radius 3 is 2.19 bits per heavy atom. The zero-order valence-corrected chi connectivity index (χ0v) is 16.2. The molecule has 1 fully saturated rings. The first-order chi connectivity index (χ1) is 12.5. The van der Waals surface area contributed by atoms with Gasteiger partial charge in [-0.15, -0.1) is 0 Å². The number of hydrogen-bond acceptors (Lipinski definition) is 6. The summed E-state index contributed by atoms with van der Waals surface area (Å²) < 4.78 is 21.8. The maximum absolute atomic E-state index is 12.8.